The lowest BCUT2D eigenvalue weighted by Crippen LogP contribution is -1.87. The third kappa shape index (κ3) is 3.79. The second kappa shape index (κ2) is 7.39. The average molecular weight is 394 g/mol. The minimum Gasteiger partial charge on any atom is -0.508 e. The number of hydrogen-bond acceptors (Lipinski definition) is 5. The van der Waals surface area contributed by atoms with Crippen molar-refractivity contribution >= 4 is 33.8 Å². The number of hydrogen-bond donors (Lipinski definition) is 2. The Balaban J connectivity index is 1.68. The minimum absolute atomic E-state index is 0.233. The smallest absolute Gasteiger partial charge is 0.187 e. The highest BCUT2D eigenvalue weighted by atomic mass is 35.5. The first kappa shape index (κ1) is 17.5. The average Bonchev–Trinajstić information content (AvgIpc) is 3.12. The summed E-state index contributed by atoms with van der Waals surface area (Å²) in [5.41, 5.74) is 4.94. The van der Waals surface area contributed by atoms with Gasteiger partial charge in [0, 0.05) is 46.0 Å². The van der Waals surface area contributed by atoms with Crippen LogP contribution in [0.4, 0.5) is 10.8 Å². The van der Waals surface area contributed by atoms with Crippen LogP contribution in [-0.4, -0.2) is 15.1 Å². The number of aromatic nitrogens is 2. The van der Waals surface area contributed by atoms with Gasteiger partial charge in [0.25, 0.3) is 0 Å². The van der Waals surface area contributed by atoms with Gasteiger partial charge in [-0.2, -0.15) is 0 Å². The Morgan fingerprint density at radius 2 is 1.78 bits per heavy atom. The van der Waals surface area contributed by atoms with Crippen LogP contribution in [0.3, 0.4) is 0 Å². The number of rotatable bonds is 4. The lowest BCUT2D eigenvalue weighted by atomic mass is 10.0. The fourth-order valence-electron chi connectivity index (χ4n) is 2.79. The summed E-state index contributed by atoms with van der Waals surface area (Å²) in [6.07, 6.45) is 5.45. The molecule has 2 aromatic heterocycles. The molecule has 0 fully saturated rings. The predicted octanol–water partition coefficient (Wildman–Crippen LogP) is 6.28. The van der Waals surface area contributed by atoms with Crippen molar-refractivity contribution in [3.05, 3.63) is 77.7 Å². The highest BCUT2D eigenvalue weighted by molar-refractivity contribution is 7.19. The molecular weight excluding hydrogens is 378 g/mol. The Morgan fingerprint density at radius 1 is 0.963 bits per heavy atom. The van der Waals surface area contributed by atoms with Crippen LogP contribution in [-0.2, 0) is 0 Å². The first-order valence-electron chi connectivity index (χ1n) is 8.33. The molecule has 0 aliphatic heterocycles. The molecule has 134 valence electrons. The molecule has 0 atom stereocenters. The molecule has 0 radical (unpaired) electrons. The quantitative estimate of drug-likeness (QED) is 0.400. The number of halogens is 1. The van der Waals surface area contributed by atoms with E-state index in [0.717, 1.165) is 37.9 Å². The van der Waals surface area contributed by atoms with E-state index in [1.54, 1.807) is 41.8 Å². The van der Waals surface area contributed by atoms with E-state index in [4.69, 9.17) is 11.6 Å². The van der Waals surface area contributed by atoms with Crippen LogP contribution in [0, 0.1) is 6.92 Å². The summed E-state index contributed by atoms with van der Waals surface area (Å²) in [7, 11) is 0. The zero-order valence-corrected chi connectivity index (χ0v) is 16.1. The molecule has 0 amide bonds. The van der Waals surface area contributed by atoms with Crippen molar-refractivity contribution in [3.63, 3.8) is 0 Å². The van der Waals surface area contributed by atoms with E-state index in [0.29, 0.717) is 5.02 Å². The van der Waals surface area contributed by atoms with Crippen LogP contribution in [0.1, 0.15) is 5.56 Å². The van der Waals surface area contributed by atoms with Gasteiger partial charge in [0.1, 0.15) is 5.75 Å². The lowest BCUT2D eigenvalue weighted by Gasteiger charge is -2.09. The van der Waals surface area contributed by atoms with Crippen molar-refractivity contribution in [1.82, 2.24) is 9.97 Å². The largest absolute Gasteiger partial charge is 0.508 e. The fourth-order valence-corrected chi connectivity index (χ4v) is 4.00. The summed E-state index contributed by atoms with van der Waals surface area (Å²) in [5.74, 6) is 0.233. The maximum atomic E-state index is 9.40. The maximum Gasteiger partial charge on any atom is 0.187 e. The first-order chi connectivity index (χ1) is 13.1. The number of aryl methyl sites for hydroxylation is 1. The van der Waals surface area contributed by atoms with Crippen LogP contribution >= 0.6 is 22.9 Å². The molecule has 0 unspecified atom stereocenters. The molecule has 0 saturated heterocycles. The van der Waals surface area contributed by atoms with E-state index in [2.05, 4.69) is 15.3 Å². The van der Waals surface area contributed by atoms with E-state index in [9.17, 15) is 5.11 Å². The molecule has 27 heavy (non-hydrogen) atoms. The topological polar surface area (TPSA) is 58.0 Å². The van der Waals surface area contributed by atoms with Gasteiger partial charge in [0.15, 0.2) is 5.13 Å². The number of anilines is 2. The van der Waals surface area contributed by atoms with Crippen molar-refractivity contribution < 1.29 is 5.11 Å². The van der Waals surface area contributed by atoms with Crippen LogP contribution < -0.4 is 5.32 Å². The van der Waals surface area contributed by atoms with Crippen molar-refractivity contribution in [2.45, 2.75) is 6.92 Å². The first-order valence-corrected chi connectivity index (χ1v) is 9.52. The Kier molecular flexibility index (Phi) is 4.79. The molecule has 4 aromatic rings. The molecule has 0 aliphatic rings. The molecule has 0 aliphatic carbocycles. The number of phenolic OH excluding ortho intramolecular Hbond substituents is 1. The van der Waals surface area contributed by atoms with Crippen molar-refractivity contribution in [3.8, 4) is 27.3 Å². The van der Waals surface area contributed by atoms with Gasteiger partial charge in [-0.25, -0.2) is 4.98 Å². The molecule has 2 N–H and O–H groups in total. The Bertz CT molecular complexity index is 1090. The number of benzene rings is 2. The minimum atomic E-state index is 0.233. The number of aromatic hydroxyl groups is 1. The van der Waals surface area contributed by atoms with Crippen molar-refractivity contribution in [2.24, 2.45) is 0 Å². The number of nitrogens with one attached hydrogen (secondary N) is 1. The monoisotopic (exact) mass is 393 g/mol. The lowest BCUT2D eigenvalue weighted by molar-refractivity contribution is 0.475. The SMILES string of the molecule is Cc1ccc(-c2cnccc2-c2cnc(Nc3ccc(O)cc3)s2)c(Cl)c1. The second-order valence-corrected chi connectivity index (χ2v) is 7.54. The van der Waals surface area contributed by atoms with Gasteiger partial charge in [-0.05, 0) is 48.9 Å². The molecule has 0 bridgehead atoms. The third-order valence-corrected chi connectivity index (χ3v) is 5.38. The van der Waals surface area contributed by atoms with Gasteiger partial charge in [-0.1, -0.05) is 35.1 Å². The van der Waals surface area contributed by atoms with Crippen molar-refractivity contribution in [1.29, 1.82) is 0 Å². The van der Waals surface area contributed by atoms with Crippen LogP contribution in [0.2, 0.25) is 5.02 Å². The van der Waals surface area contributed by atoms with Gasteiger partial charge in [0.05, 0.1) is 4.88 Å². The molecule has 6 heteroatoms. The van der Waals surface area contributed by atoms with Crippen LogP contribution in [0.15, 0.2) is 67.1 Å². The highest BCUT2D eigenvalue weighted by Crippen LogP contribution is 2.39. The third-order valence-electron chi connectivity index (χ3n) is 4.13. The van der Waals surface area contributed by atoms with Gasteiger partial charge in [-0.15, -0.1) is 0 Å². The van der Waals surface area contributed by atoms with E-state index in [1.807, 2.05) is 43.6 Å². The van der Waals surface area contributed by atoms with Crippen LogP contribution in [0.5, 0.6) is 5.75 Å². The summed E-state index contributed by atoms with van der Waals surface area (Å²) >= 11 is 8.02. The zero-order valence-electron chi connectivity index (χ0n) is 14.5. The van der Waals surface area contributed by atoms with Gasteiger partial charge in [-0.3, -0.25) is 4.98 Å². The molecular formula is C21H16ClN3OS. The van der Waals surface area contributed by atoms with E-state index in [-0.39, 0.29) is 5.75 Å². The Hall–Kier alpha value is -2.89. The van der Waals surface area contributed by atoms with Gasteiger partial charge in [0.2, 0.25) is 0 Å². The summed E-state index contributed by atoms with van der Waals surface area (Å²) in [6.45, 7) is 2.02. The van der Waals surface area contributed by atoms with E-state index < -0.39 is 0 Å². The van der Waals surface area contributed by atoms with Crippen LogP contribution in [0.25, 0.3) is 21.6 Å². The molecule has 4 nitrogen and oxygen atoms in total. The highest BCUT2D eigenvalue weighted by Gasteiger charge is 2.13. The number of nitrogens with zero attached hydrogens (tertiary/aromatic N) is 2. The fraction of sp³-hybridized carbons (Fsp3) is 0.0476. The summed E-state index contributed by atoms with van der Waals surface area (Å²) < 4.78 is 0. The molecule has 2 aromatic carbocycles. The number of thiazole rings is 1. The summed E-state index contributed by atoms with van der Waals surface area (Å²) in [4.78, 5) is 9.77. The van der Waals surface area contributed by atoms with E-state index in [1.165, 1.54) is 0 Å². The zero-order chi connectivity index (χ0) is 18.8. The maximum absolute atomic E-state index is 9.40. The molecule has 0 saturated carbocycles. The summed E-state index contributed by atoms with van der Waals surface area (Å²) in [6, 6.07) is 14.9. The van der Waals surface area contributed by atoms with Gasteiger partial charge < -0.3 is 10.4 Å². The predicted molar refractivity (Wildman–Crippen MR) is 112 cm³/mol. The molecule has 2 heterocycles. The number of pyridine rings is 1. The molecule has 4 rings (SSSR count). The number of phenols is 1. The second-order valence-electron chi connectivity index (χ2n) is 6.11. The molecule has 0 spiro atoms. The normalized spacial score (nSPS) is 10.7. The Morgan fingerprint density at radius 3 is 2.56 bits per heavy atom. The van der Waals surface area contributed by atoms with E-state index >= 15 is 0 Å². The Labute approximate surface area is 166 Å². The standard InChI is InChI=1S/C21H16ClN3OS/c1-13-2-7-16(19(22)10-13)18-11-23-9-8-17(18)20-12-24-21(27-20)25-14-3-5-15(26)6-4-14/h2-12,26H,1H3,(H,24,25). The van der Waals surface area contributed by atoms with Crippen molar-refractivity contribution in [2.75, 3.05) is 5.32 Å². The summed E-state index contributed by atoms with van der Waals surface area (Å²) in [5, 5.41) is 14.1. The van der Waals surface area contributed by atoms with Gasteiger partial charge >= 0.3 is 0 Å².